The maximum absolute atomic E-state index is 5.45. The van der Waals surface area contributed by atoms with E-state index in [0.717, 1.165) is 49.0 Å². The molecule has 18 heavy (non-hydrogen) atoms. The highest BCUT2D eigenvalue weighted by atomic mass is 32.1. The number of aryl methyl sites for hydroxylation is 1. The number of ether oxygens (including phenoxy) is 1. The lowest BCUT2D eigenvalue weighted by Crippen LogP contribution is -2.21. The van der Waals surface area contributed by atoms with Crippen molar-refractivity contribution < 1.29 is 4.74 Å². The maximum atomic E-state index is 5.45. The molecule has 0 radical (unpaired) electrons. The van der Waals surface area contributed by atoms with E-state index in [2.05, 4.69) is 36.3 Å². The first-order chi connectivity index (χ1) is 8.72. The van der Waals surface area contributed by atoms with Crippen LogP contribution in [-0.2, 0) is 17.8 Å². The molecule has 104 valence electrons. The Bertz CT molecular complexity index is 315. The summed E-state index contributed by atoms with van der Waals surface area (Å²) in [6.45, 7) is 10.1. The second kappa shape index (κ2) is 9.42. The molecule has 0 atom stereocenters. The molecule has 0 amide bonds. The van der Waals surface area contributed by atoms with Crippen molar-refractivity contribution in [2.75, 3.05) is 19.7 Å². The highest BCUT2D eigenvalue weighted by molar-refractivity contribution is 7.11. The average molecular weight is 271 g/mol. The Morgan fingerprint density at radius 3 is 2.78 bits per heavy atom. The predicted octanol–water partition coefficient (Wildman–Crippen LogP) is 2.64. The average Bonchev–Trinajstić information content (AvgIpc) is 2.77. The number of nitrogens with one attached hydrogen (secondary N) is 1. The van der Waals surface area contributed by atoms with Crippen molar-refractivity contribution in [3.05, 3.63) is 10.0 Å². The van der Waals surface area contributed by atoms with Crippen LogP contribution in [0.3, 0.4) is 0 Å². The topological polar surface area (TPSA) is 47.0 Å². The summed E-state index contributed by atoms with van der Waals surface area (Å²) in [7, 11) is 0. The van der Waals surface area contributed by atoms with Crippen LogP contribution < -0.4 is 5.32 Å². The van der Waals surface area contributed by atoms with E-state index in [9.17, 15) is 0 Å². The molecule has 0 aliphatic rings. The van der Waals surface area contributed by atoms with E-state index in [1.54, 1.807) is 11.3 Å². The quantitative estimate of drug-likeness (QED) is 0.665. The zero-order chi connectivity index (χ0) is 13.2. The van der Waals surface area contributed by atoms with Crippen molar-refractivity contribution in [3.63, 3.8) is 0 Å². The number of aromatic nitrogens is 2. The van der Waals surface area contributed by atoms with Gasteiger partial charge in [-0.05, 0) is 31.8 Å². The zero-order valence-electron chi connectivity index (χ0n) is 11.7. The van der Waals surface area contributed by atoms with Crippen LogP contribution in [-0.4, -0.2) is 29.9 Å². The van der Waals surface area contributed by atoms with Crippen molar-refractivity contribution in [1.29, 1.82) is 0 Å². The molecule has 0 aliphatic carbocycles. The fourth-order valence-electron chi connectivity index (χ4n) is 1.51. The van der Waals surface area contributed by atoms with Gasteiger partial charge in [-0.3, -0.25) is 0 Å². The second-order valence-corrected chi connectivity index (χ2v) is 5.99. The zero-order valence-corrected chi connectivity index (χ0v) is 12.6. The monoisotopic (exact) mass is 271 g/mol. The molecule has 1 rings (SSSR count). The second-order valence-electron chi connectivity index (χ2n) is 4.84. The van der Waals surface area contributed by atoms with Crippen LogP contribution in [0, 0.1) is 5.92 Å². The van der Waals surface area contributed by atoms with Crippen LogP contribution >= 0.6 is 11.3 Å². The number of hydrogen-bond acceptors (Lipinski definition) is 5. The van der Waals surface area contributed by atoms with Crippen molar-refractivity contribution in [3.8, 4) is 0 Å². The van der Waals surface area contributed by atoms with Crippen LogP contribution in [0.2, 0.25) is 0 Å². The Morgan fingerprint density at radius 1 is 1.28 bits per heavy atom. The molecule has 0 bridgehead atoms. The van der Waals surface area contributed by atoms with Crippen molar-refractivity contribution in [2.45, 2.75) is 46.6 Å². The third kappa shape index (κ3) is 7.03. The maximum Gasteiger partial charge on any atom is 0.143 e. The molecule has 1 heterocycles. The highest BCUT2D eigenvalue weighted by Gasteiger charge is 2.04. The Hall–Kier alpha value is -0.520. The smallest absolute Gasteiger partial charge is 0.143 e. The van der Waals surface area contributed by atoms with Gasteiger partial charge in [0.25, 0.3) is 0 Å². The molecule has 0 aliphatic heterocycles. The molecule has 1 N–H and O–H groups in total. The normalized spacial score (nSPS) is 11.3. The van der Waals surface area contributed by atoms with Gasteiger partial charge in [0.05, 0.1) is 0 Å². The van der Waals surface area contributed by atoms with E-state index >= 15 is 0 Å². The van der Waals surface area contributed by atoms with Crippen LogP contribution in [0.15, 0.2) is 0 Å². The van der Waals surface area contributed by atoms with Crippen molar-refractivity contribution in [2.24, 2.45) is 5.92 Å². The van der Waals surface area contributed by atoms with Gasteiger partial charge in [0.15, 0.2) is 0 Å². The molecule has 0 saturated heterocycles. The Labute approximate surface area is 114 Å². The van der Waals surface area contributed by atoms with Crippen LogP contribution in [0.1, 0.15) is 43.6 Å². The van der Waals surface area contributed by atoms with Crippen molar-refractivity contribution in [1.82, 2.24) is 15.5 Å². The van der Waals surface area contributed by atoms with Gasteiger partial charge in [-0.1, -0.05) is 32.1 Å². The van der Waals surface area contributed by atoms with Crippen LogP contribution in [0.25, 0.3) is 0 Å². The first kappa shape index (κ1) is 15.5. The van der Waals surface area contributed by atoms with Gasteiger partial charge in [0.2, 0.25) is 0 Å². The molecule has 0 unspecified atom stereocenters. The molecule has 0 fully saturated rings. The number of rotatable bonds is 10. The Kier molecular flexibility index (Phi) is 8.13. The summed E-state index contributed by atoms with van der Waals surface area (Å²) in [5.74, 6) is 0.717. The van der Waals surface area contributed by atoms with Gasteiger partial charge in [0, 0.05) is 13.0 Å². The summed E-state index contributed by atoms with van der Waals surface area (Å²) in [6, 6.07) is 0. The lowest BCUT2D eigenvalue weighted by atomic mass is 10.2. The van der Waals surface area contributed by atoms with E-state index < -0.39 is 0 Å². The lowest BCUT2D eigenvalue weighted by molar-refractivity contribution is 0.121. The highest BCUT2D eigenvalue weighted by Crippen LogP contribution is 2.12. The largest absolute Gasteiger partial charge is 0.374 e. The standard InChI is InChI=1S/C13H25N3OS/c1-4-8-17-10-13-16-15-12(18-13)6-5-7-14-9-11(2)3/h11,14H,4-10H2,1-3H3. The summed E-state index contributed by atoms with van der Waals surface area (Å²) in [4.78, 5) is 0. The molecule has 0 aromatic carbocycles. The molecular formula is C13H25N3OS. The van der Waals surface area contributed by atoms with Crippen LogP contribution in [0.5, 0.6) is 0 Å². The van der Waals surface area contributed by atoms with E-state index in [1.807, 2.05) is 0 Å². The number of nitrogens with zero attached hydrogens (tertiary/aromatic N) is 2. The summed E-state index contributed by atoms with van der Waals surface area (Å²) < 4.78 is 5.45. The van der Waals surface area contributed by atoms with E-state index in [4.69, 9.17) is 4.74 Å². The Balaban J connectivity index is 2.11. The molecule has 1 aromatic heterocycles. The fraction of sp³-hybridized carbons (Fsp3) is 0.846. The molecule has 0 spiro atoms. The molecular weight excluding hydrogens is 246 g/mol. The molecule has 4 nitrogen and oxygen atoms in total. The first-order valence-electron chi connectivity index (χ1n) is 6.82. The summed E-state index contributed by atoms with van der Waals surface area (Å²) in [5, 5.41) is 13.9. The predicted molar refractivity (Wildman–Crippen MR) is 75.9 cm³/mol. The van der Waals surface area contributed by atoms with Gasteiger partial charge in [-0.2, -0.15) is 0 Å². The van der Waals surface area contributed by atoms with E-state index in [-0.39, 0.29) is 0 Å². The first-order valence-corrected chi connectivity index (χ1v) is 7.63. The fourth-order valence-corrected chi connectivity index (χ4v) is 2.33. The van der Waals surface area contributed by atoms with Gasteiger partial charge in [0.1, 0.15) is 16.6 Å². The minimum atomic E-state index is 0.608. The van der Waals surface area contributed by atoms with E-state index in [0.29, 0.717) is 12.5 Å². The number of hydrogen-bond donors (Lipinski definition) is 1. The third-order valence-corrected chi connectivity index (χ3v) is 3.34. The molecule has 1 aromatic rings. The van der Waals surface area contributed by atoms with Gasteiger partial charge < -0.3 is 10.1 Å². The van der Waals surface area contributed by atoms with Gasteiger partial charge >= 0.3 is 0 Å². The SMILES string of the molecule is CCCOCc1nnc(CCCNCC(C)C)s1. The van der Waals surface area contributed by atoms with Crippen LogP contribution in [0.4, 0.5) is 0 Å². The summed E-state index contributed by atoms with van der Waals surface area (Å²) in [6.07, 6.45) is 3.18. The third-order valence-electron chi connectivity index (χ3n) is 2.38. The Morgan fingerprint density at radius 2 is 2.06 bits per heavy atom. The van der Waals surface area contributed by atoms with Gasteiger partial charge in [-0.15, -0.1) is 10.2 Å². The molecule has 0 saturated carbocycles. The van der Waals surface area contributed by atoms with Crippen molar-refractivity contribution >= 4 is 11.3 Å². The van der Waals surface area contributed by atoms with Gasteiger partial charge in [-0.25, -0.2) is 0 Å². The van der Waals surface area contributed by atoms with E-state index in [1.165, 1.54) is 0 Å². The molecule has 5 heteroatoms. The lowest BCUT2D eigenvalue weighted by Gasteiger charge is -2.05. The minimum absolute atomic E-state index is 0.608. The summed E-state index contributed by atoms with van der Waals surface area (Å²) >= 11 is 1.67. The summed E-state index contributed by atoms with van der Waals surface area (Å²) in [5.41, 5.74) is 0. The minimum Gasteiger partial charge on any atom is -0.374 e.